The third-order valence-electron chi connectivity index (χ3n) is 2.58. The van der Waals surface area contributed by atoms with Gasteiger partial charge in [-0.25, -0.2) is 0 Å². The highest BCUT2D eigenvalue weighted by atomic mass is 16.5. The van der Waals surface area contributed by atoms with E-state index in [4.69, 9.17) is 14.2 Å². The van der Waals surface area contributed by atoms with Crippen molar-refractivity contribution in [3.05, 3.63) is 12.1 Å². The number of hydrogen-bond acceptors (Lipinski definition) is 5. The first-order valence-corrected chi connectivity index (χ1v) is 5.90. The van der Waals surface area contributed by atoms with E-state index in [9.17, 15) is 4.79 Å². The van der Waals surface area contributed by atoms with Crippen LogP contribution in [0.2, 0.25) is 0 Å². The SMILES string of the molecule is CNCCC(=O)Nc1c(OC)cc(OC)cc1OC. The molecule has 6 nitrogen and oxygen atoms in total. The molecular weight excluding hydrogens is 248 g/mol. The van der Waals surface area contributed by atoms with E-state index in [2.05, 4.69) is 10.6 Å². The molecule has 0 bridgehead atoms. The van der Waals surface area contributed by atoms with Gasteiger partial charge in [-0.05, 0) is 7.05 Å². The first-order chi connectivity index (χ1) is 9.15. The number of benzene rings is 1. The lowest BCUT2D eigenvalue weighted by Crippen LogP contribution is -2.19. The van der Waals surface area contributed by atoms with E-state index >= 15 is 0 Å². The molecule has 0 aliphatic heterocycles. The molecular formula is C13H20N2O4. The van der Waals surface area contributed by atoms with Crippen LogP contribution in [0.15, 0.2) is 12.1 Å². The summed E-state index contributed by atoms with van der Waals surface area (Å²) >= 11 is 0. The van der Waals surface area contributed by atoms with Crippen molar-refractivity contribution in [2.75, 3.05) is 40.2 Å². The van der Waals surface area contributed by atoms with E-state index in [1.54, 1.807) is 26.3 Å². The van der Waals surface area contributed by atoms with Crippen LogP contribution in [0.3, 0.4) is 0 Å². The highest BCUT2D eigenvalue weighted by Gasteiger charge is 2.15. The van der Waals surface area contributed by atoms with Crippen molar-refractivity contribution in [2.24, 2.45) is 0 Å². The maximum atomic E-state index is 11.8. The maximum absolute atomic E-state index is 11.8. The molecule has 1 amide bonds. The van der Waals surface area contributed by atoms with Gasteiger partial charge in [0.05, 0.1) is 21.3 Å². The average Bonchev–Trinajstić information content (AvgIpc) is 2.44. The Labute approximate surface area is 113 Å². The summed E-state index contributed by atoms with van der Waals surface area (Å²) in [5.41, 5.74) is 0.506. The smallest absolute Gasteiger partial charge is 0.225 e. The van der Waals surface area contributed by atoms with E-state index in [1.807, 2.05) is 0 Å². The summed E-state index contributed by atoms with van der Waals surface area (Å²) < 4.78 is 15.6. The predicted molar refractivity (Wildman–Crippen MR) is 73.3 cm³/mol. The molecule has 1 aromatic rings. The lowest BCUT2D eigenvalue weighted by atomic mass is 10.2. The Kier molecular flexibility index (Phi) is 5.95. The molecule has 106 valence electrons. The van der Waals surface area contributed by atoms with Gasteiger partial charge < -0.3 is 24.8 Å². The number of rotatable bonds is 7. The topological polar surface area (TPSA) is 68.8 Å². The highest BCUT2D eigenvalue weighted by molar-refractivity contribution is 5.94. The van der Waals surface area contributed by atoms with Crippen molar-refractivity contribution in [3.63, 3.8) is 0 Å². The molecule has 0 atom stereocenters. The fourth-order valence-electron chi connectivity index (χ4n) is 1.57. The lowest BCUT2D eigenvalue weighted by molar-refractivity contribution is -0.116. The van der Waals surface area contributed by atoms with Crippen LogP contribution in [-0.2, 0) is 4.79 Å². The second kappa shape index (κ2) is 7.48. The summed E-state index contributed by atoms with van der Waals surface area (Å²) in [5, 5.41) is 5.70. The Morgan fingerprint density at radius 1 is 1.11 bits per heavy atom. The standard InChI is InChI=1S/C13H20N2O4/c1-14-6-5-12(16)15-13-10(18-3)7-9(17-2)8-11(13)19-4/h7-8,14H,5-6H2,1-4H3,(H,15,16). The zero-order chi connectivity index (χ0) is 14.3. The number of ether oxygens (including phenoxy) is 3. The van der Waals surface area contributed by atoms with Crippen molar-refractivity contribution in [1.82, 2.24) is 5.32 Å². The molecule has 0 aliphatic rings. The molecule has 0 aliphatic carbocycles. The summed E-state index contributed by atoms with van der Waals surface area (Å²) in [6.07, 6.45) is 0.370. The molecule has 0 saturated heterocycles. The summed E-state index contributed by atoms with van der Waals surface area (Å²) in [6, 6.07) is 3.38. The van der Waals surface area contributed by atoms with Crippen LogP contribution in [0.1, 0.15) is 6.42 Å². The number of methoxy groups -OCH3 is 3. The van der Waals surface area contributed by atoms with Crippen LogP contribution in [0.4, 0.5) is 5.69 Å². The molecule has 2 N–H and O–H groups in total. The molecule has 0 radical (unpaired) electrons. The van der Waals surface area contributed by atoms with Gasteiger partial charge in [0.2, 0.25) is 5.91 Å². The molecule has 1 aromatic carbocycles. The van der Waals surface area contributed by atoms with Gasteiger partial charge in [-0.2, -0.15) is 0 Å². The summed E-state index contributed by atoms with van der Waals surface area (Å²) in [7, 11) is 6.40. The summed E-state index contributed by atoms with van der Waals surface area (Å²) in [4.78, 5) is 11.8. The lowest BCUT2D eigenvalue weighted by Gasteiger charge is -2.15. The van der Waals surface area contributed by atoms with Gasteiger partial charge in [-0.15, -0.1) is 0 Å². The van der Waals surface area contributed by atoms with Crippen LogP contribution in [0.5, 0.6) is 17.2 Å². The largest absolute Gasteiger partial charge is 0.496 e. The van der Waals surface area contributed by atoms with Crippen LogP contribution >= 0.6 is 0 Å². The molecule has 0 fully saturated rings. The number of hydrogen-bond donors (Lipinski definition) is 2. The fraction of sp³-hybridized carbons (Fsp3) is 0.462. The van der Waals surface area contributed by atoms with E-state index in [0.717, 1.165) is 0 Å². The van der Waals surface area contributed by atoms with Gasteiger partial charge >= 0.3 is 0 Å². The van der Waals surface area contributed by atoms with Crippen molar-refractivity contribution in [2.45, 2.75) is 6.42 Å². The van der Waals surface area contributed by atoms with Crippen LogP contribution in [0, 0.1) is 0 Å². The highest BCUT2D eigenvalue weighted by Crippen LogP contribution is 2.38. The summed E-state index contributed by atoms with van der Waals surface area (Å²) in [6.45, 7) is 0.604. The Bertz CT molecular complexity index is 410. The monoisotopic (exact) mass is 268 g/mol. The second-order valence-corrected chi connectivity index (χ2v) is 3.81. The molecule has 0 aromatic heterocycles. The van der Waals surface area contributed by atoms with Crippen molar-refractivity contribution < 1.29 is 19.0 Å². The molecule has 1 rings (SSSR count). The minimum Gasteiger partial charge on any atom is -0.496 e. The summed E-state index contributed by atoms with van der Waals surface area (Å²) in [5.74, 6) is 1.47. The van der Waals surface area contributed by atoms with E-state index in [0.29, 0.717) is 35.9 Å². The maximum Gasteiger partial charge on any atom is 0.225 e. The van der Waals surface area contributed by atoms with E-state index in [-0.39, 0.29) is 5.91 Å². The van der Waals surface area contributed by atoms with Crippen LogP contribution in [-0.4, -0.2) is 40.8 Å². The van der Waals surface area contributed by atoms with Gasteiger partial charge in [0.1, 0.15) is 22.9 Å². The minimum absolute atomic E-state index is 0.115. The van der Waals surface area contributed by atoms with E-state index < -0.39 is 0 Å². The Hall–Kier alpha value is -1.95. The second-order valence-electron chi connectivity index (χ2n) is 3.81. The normalized spacial score (nSPS) is 9.89. The molecule has 6 heteroatoms. The Morgan fingerprint density at radius 2 is 1.68 bits per heavy atom. The molecule has 0 heterocycles. The van der Waals surface area contributed by atoms with E-state index in [1.165, 1.54) is 14.2 Å². The van der Waals surface area contributed by atoms with Crippen molar-refractivity contribution in [3.8, 4) is 17.2 Å². The van der Waals surface area contributed by atoms with Gasteiger partial charge in [-0.3, -0.25) is 4.79 Å². The number of carbonyl (C=O) groups is 1. The minimum atomic E-state index is -0.115. The van der Waals surface area contributed by atoms with Crippen molar-refractivity contribution in [1.29, 1.82) is 0 Å². The Morgan fingerprint density at radius 3 is 2.11 bits per heavy atom. The first kappa shape index (κ1) is 15.1. The number of nitrogens with one attached hydrogen (secondary N) is 2. The average molecular weight is 268 g/mol. The third-order valence-corrected chi connectivity index (χ3v) is 2.58. The van der Waals surface area contributed by atoms with Crippen molar-refractivity contribution >= 4 is 11.6 Å². The van der Waals surface area contributed by atoms with Gasteiger partial charge in [0, 0.05) is 25.1 Å². The zero-order valence-corrected chi connectivity index (χ0v) is 11.7. The molecule has 0 unspecified atom stereocenters. The molecule has 19 heavy (non-hydrogen) atoms. The number of carbonyl (C=O) groups excluding carboxylic acids is 1. The quantitative estimate of drug-likeness (QED) is 0.779. The van der Waals surface area contributed by atoms with Gasteiger partial charge in [-0.1, -0.05) is 0 Å². The Balaban J connectivity index is 3.00. The van der Waals surface area contributed by atoms with Gasteiger partial charge in [0.25, 0.3) is 0 Å². The predicted octanol–water partition coefficient (Wildman–Crippen LogP) is 1.26. The van der Waals surface area contributed by atoms with Crippen LogP contribution < -0.4 is 24.8 Å². The number of anilines is 1. The molecule has 0 spiro atoms. The third kappa shape index (κ3) is 4.03. The molecule has 0 saturated carbocycles. The number of amides is 1. The first-order valence-electron chi connectivity index (χ1n) is 5.90. The zero-order valence-electron chi connectivity index (χ0n) is 11.7. The van der Waals surface area contributed by atoms with Crippen LogP contribution in [0.25, 0.3) is 0 Å². The fourth-order valence-corrected chi connectivity index (χ4v) is 1.57. The van der Waals surface area contributed by atoms with Gasteiger partial charge in [0.15, 0.2) is 0 Å².